The Kier molecular flexibility index (Phi) is 4.89. The van der Waals surface area contributed by atoms with E-state index in [9.17, 15) is 18.4 Å². The molecule has 1 rings (SSSR count). The number of hydrogen-bond donors (Lipinski definition) is 2. The lowest BCUT2D eigenvalue weighted by Gasteiger charge is -2.04. The number of halogens is 2. The fourth-order valence-corrected chi connectivity index (χ4v) is 1.68. The van der Waals surface area contributed by atoms with Crippen LogP contribution in [0.5, 0.6) is 0 Å². The maximum atomic E-state index is 13.2. The van der Waals surface area contributed by atoms with Gasteiger partial charge >= 0.3 is 6.03 Å². The minimum Gasteiger partial charge on any atom is -0.341 e. The maximum absolute atomic E-state index is 13.2. The van der Waals surface area contributed by atoms with Gasteiger partial charge in [0.05, 0.1) is 5.75 Å². The Morgan fingerprint density at radius 3 is 2.65 bits per heavy atom. The van der Waals surface area contributed by atoms with Crippen LogP contribution in [0.15, 0.2) is 23.1 Å². The van der Waals surface area contributed by atoms with Gasteiger partial charge in [-0.3, -0.25) is 10.1 Å². The second-order valence-electron chi connectivity index (χ2n) is 2.99. The van der Waals surface area contributed by atoms with E-state index in [1.165, 1.54) is 13.1 Å². The molecule has 92 valence electrons. The number of rotatable bonds is 3. The molecule has 0 saturated heterocycles. The first kappa shape index (κ1) is 13.4. The highest BCUT2D eigenvalue weighted by molar-refractivity contribution is 8.00. The summed E-state index contributed by atoms with van der Waals surface area (Å²) >= 11 is 0.883. The molecule has 3 amide bonds. The molecule has 0 heterocycles. The third-order valence-corrected chi connectivity index (χ3v) is 2.78. The van der Waals surface area contributed by atoms with Crippen LogP contribution in [-0.2, 0) is 4.79 Å². The molecule has 1 aromatic rings. The van der Waals surface area contributed by atoms with Crippen molar-refractivity contribution >= 4 is 23.7 Å². The van der Waals surface area contributed by atoms with Crippen LogP contribution < -0.4 is 10.6 Å². The zero-order valence-corrected chi connectivity index (χ0v) is 9.74. The van der Waals surface area contributed by atoms with Crippen LogP contribution in [0.25, 0.3) is 0 Å². The molecule has 0 bridgehead atoms. The SMILES string of the molecule is CNC(=O)NC(=O)CSc1ccc(F)cc1F. The number of imide groups is 1. The first-order chi connectivity index (χ1) is 8.02. The van der Waals surface area contributed by atoms with Gasteiger partial charge in [-0.05, 0) is 12.1 Å². The highest BCUT2D eigenvalue weighted by Gasteiger charge is 2.09. The Balaban J connectivity index is 2.50. The van der Waals surface area contributed by atoms with Crippen molar-refractivity contribution in [3.05, 3.63) is 29.8 Å². The zero-order chi connectivity index (χ0) is 12.8. The second kappa shape index (κ2) is 6.19. The van der Waals surface area contributed by atoms with E-state index in [1.54, 1.807) is 0 Å². The van der Waals surface area contributed by atoms with Gasteiger partial charge in [-0.15, -0.1) is 11.8 Å². The number of urea groups is 1. The Morgan fingerprint density at radius 1 is 1.35 bits per heavy atom. The van der Waals surface area contributed by atoms with Crippen molar-refractivity contribution in [2.24, 2.45) is 0 Å². The molecule has 0 aliphatic carbocycles. The zero-order valence-electron chi connectivity index (χ0n) is 8.92. The molecule has 7 heteroatoms. The Labute approximate surface area is 101 Å². The summed E-state index contributed by atoms with van der Waals surface area (Å²) in [4.78, 5) is 22.1. The van der Waals surface area contributed by atoms with Gasteiger partial charge in [-0.1, -0.05) is 0 Å². The van der Waals surface area contributed by atoms with Gasteiger partial charge in [0, 0.05) is 18.0 Å². The van der Waals surface area contributed by atoms with Crippen molar-refractivity contribution in [2.75, 3.05) is 12.8 Å². The van der Waals surface area contributed by atoms with E-state index in [0.29, 0.717) is 0 Å². The Morgan fingerprint density at radius 2 is 2.06 bits per heavy atom. The first-order valence-electron chi connectivity index (χ1n) is 4.62. The molecule has 0 aliphatic rings. The molecule has 0 aliphatic heterocycles. The largest absolute Gasteiger partial charge is 0.341 e. The van der Waals surface area contributed by atoms with Crippen LogP contribution in [0.2, 0.25) is 0 Å². The maximum Gasteiger partial charge on any atom is 0.321 e. The molecule has 0 atom stereocenters. The van der Waals surface area contributed by atoms with Crippen molar-refractivity contribution in [3.63, 3.8) is 0 Å². The van der Waals surface area contributed by atoms with Gasteiger partial charge in [-0.2, -0.15) is 0 Å². The number of hydrogen-bond acceptors (Lipinski definition) is 3. The molecule has 1 aromatic carbocycles. The lowest BCUT2D eigenvalue weighted by molar-refractivity contribution is -0.117. The number of nitrogens with one attached hydrogen (secondary N) is 2. The highest BCUT2D eigenvalue weighted by Crippen LogP contribution is 2.21. The van der Waals surface area contributed by atoms with Gasteiger partial charge in [0.15, 0.2) is 0 Å². The lowest BCUT2D eigenvalue weighted by atomic mass is 10.3. The topological polar surface area (TPSA) is 58.2 Å². The smallest absolute Gasteiger partial charge is 0.321 e. The number of carbonyl (C=O) groups is 2. The van der Waals surface area contributed by atoms with Crippen LogP contribution in [0.3, 0.4) is 0 Å². The quantitative estimate of drug-likeness (QED) is 0.810. The number of benzene rings is 1. The van der Waals surface area contributed by atoms with E-state index in [2.05, 4.69) is 5.32 Å². The van der Waals surface area contributed by atoms with E-state index in [1.807, 2.05) is 5.32 Å². The van der Waals surface area contributed by atoms with E-state index < -0.39 is 23.6 Å². The summed E-state index contributed by atoms with van der Waals surface area (Å²) in [7, 11) is 1.37. The van der Waals surface area contributed by atoms with Crippen LogP contribution in [-0.4, -0.2) is 24.7 Å². The fraction of sp³-hybridized carbons (Fsp3) is 0.200. The van der Waals surface area contributed by atoms with E-state index in [0.717, 1.165) is 23.9 Å². The minimum atomic E-state index is -0.734. The molecule has 0 radical (unpaired) electrons. The lowest BCUT2D eigenvalue weighted by Crippen LogP contribution is -2.38. The van der Waals surface area contributed by atoms with E-state index in [4.69, 9.17) is 0 Å². The molecule has 4 nitrogen and oxygen atoms in total. The van der Waals surface area contributed by atoms with E-state index in [-0.39, 0.29) is 10.6 Å². The van der Waals surface area contributed by atoms with Crippen molar-refractivity contribution < 1.29 is 18.4 Å². The Hall–Kier alpha value is -1.63. The van der Waals surface area contributed by atoms with Gasteiger partial charge in [0.1, 0.15) is 11.6 Å². The molecular formula is C10H10F2N2O2S. The predicted octanol–water partition coefficient (Wildman–Crippen LogP) is 1.51. The molecule has 2 N–H and O–H groups in total. The number of thioether (sulfide) groups is 1. The van der Waals surface area contributed by atoms with Crippen LogP contribution in [0.1, 0.15) is 0 Å². The standard InChI is InChI=1S/C10H10F2N2O2S/c1-13-10(16)14-9(15)5-17-8-3-2-6(11)4-7(8)12/h2-4H,5H2,1H3,(H2,13,14,15,16). The van der Waals surface area contributed by atoms with Crippen molar-refractivity contribution in [3.8, 4) is 0 Å². The average molecular weight is 260 g/mol. The van der Waals surface area contributed by atoms with Crippen LogP contribution in [0, 0.1) is 11.6 Å². The molecule has 0 spiro atoms. The summed E-state index contributed by atoms with van der Waals surface area (Å²) in [5, 5.41) is 4.23. The summed E-state index contributed by atoms with van der Waals surface area (Å²) in [5.41, 5.74) is 0. The summed E-state index contributed by atoms with van der Waals surface area (Å²) in [6.07, 6.45) is 0. The second-order valence-corrected chi connectivity index (χ2v) is 4.01. The van der Waals surface area contributed by atoms with Crippen LogP contribution >= 0.6 is 11.8 Å². The van der Waals surface area contributed by atoms with Crippen molar-refractivity contribution in [1.29, 1.82) is 0 Å². The predicted molar refractivity (Wildman–Crippen MR) is 59.7 cm³/mol. The Bertz CT molecular complexity index is 440. The summed E-state index contributed by atoms with van der Waals surface area (Å²) < 4.78 is 25.7. The number of amides is 3. The summed E-state index contributed by atoms with van der Waals surface area (Å²) in [6, 6.07) is 2.44. The molecule has 0 fully saturated rings. The summed E-state index contributed by atoms with van der Waals surface area (Å²) in [5.74, 6) is -2.10. The third kappa shape index (κ3) is 4.39. The third-order valence-electron chi connectivity index (χ3n) is 1.73. The highest BCUT2D eigenvalue weighted by atomic mass is 32.2. The van der Waals surface area contributed by atoms with Gasteiger partial charge in [0.2, 0.25) is 5.91 Å². The van der Waals surface area contributed by atoms with E-state index >= 15 is 0 Å². The van der Waals surface area contributed by atoms with Gasteiger partial charge in [0.25, 0.3) is 0 Å². The van der Waals surface area contributed by atoms with Crippen LogP contribution in [0.4, 0.5) is 13.6 Å². The molecule has 0 aromatic heterocycles. The van der Waals surface area contributed by atoms with Crippen molar-refractivity contribution in [1.82, 2.24) is 10.6 Å². The monoisotopic (exact) mass is 260 g/mol. The van der Waals surface area contributed by atoms with Gasteiger partial charge < -0.3 is 5.32 Å². The summed E-state index contributed by atoms with van der Waals surface area (Å²) in [6.45, 7) is 0. The van der Waals surface area contributed by atoms with Gasteiger partial charge in [-0.25, -0.2) is 13.6 Å². The average Bonchev–Trinajstić information content (AvgIpc) is 2.27. The van der Waals surface area contributed by atoms with Crippen molar-refractivity contribution in [2.45, 2.75) is 4.90 Å². The number of carbonyl (C=O) groups excluding carboxylic acids is 2. The molecule has 0 unspecified atom stereocenters. The minimum absolute atomic E-state index is 0.129. The molecule has 17 heavy (non-hydrogen) atoms. The first-order valence-corrected chi connectivity index (χ1v) is 5.61. The molecule has 0 saturated carbocycles. The normalized spacial score (nSPS) is 9.82. The fourth-order valence-electron chi connectivity index (χ4n) is 0.961. The molecular weight excluding hydrogens is 250 g/mol.